The highest BCUT2D eigenvalue weighted by Crippen LogP contribution is 2.35. The van der Waals surface area contributed by atoms with Crippen molar-refractivity contribution in [3.63, 3.8) is 0 Å². The summed E-state index contributed by atoms with van der Waals surface area (Å²) in [6.45, 7) is 12.6. The highest BCUT2D eigenvalue weighted by atomic mass is 28.3. The zero-order valence-electron chi connectivity index (χ0n) is 29.7. The Morgan fingerprint density at radius 3 is 2.47 bits per heavy atom. The zero-order chi connectivity index (χ0) is 36.0. The first kappa shape index (κ1) is 39.3. The summed E-state index contributed by atoms with van der Waals surface area (Å²) in [7, 11) is 1.58. The SMILES string of the molecule is COCOc1cc(OC)cc(/C=C/C[C@@H]2OC(C)(C)O[C@@H]2C(/C=C\[C@H](C)CN=[N+]=[N-])OC(=O)c2ccccc2)c1C(=O)OCC[Si](C)(C)C. The number of esters is 2. The third-order valence-electron chi connectivity index (χ3n) is 7.49. The molecule has 0 radical (unpaired) electrons. The third-order valence-corrected chi connectivity index (χ3v) is 9.19. The average Bonchev–Trinajstić information content (AvgIpc) is 3.37. The highest BCUT2D eigenvalue weighted by Gasteiger charge is 2.45. The van der Waals surface area contributed by atoms with E-state index in [1.165, 1.54) is 14.2 Å². The van der Waals surface area contributed by atoms with Crippen LogP contribution >= 0.6 is 0 Å². The number of carbonyl (C=O) groups excluding carboxylic acids is 2. The summed E-state index contributed by atoms with van der Waals surface area (Å²) < 4.78 is 40.7. The van der Waals surface area contributed by atoms with Crippen molar-refractivity contribution < 1.29 is 42.7 Å². The molecule has 12 nitrogen and oxygen atoms in total. The number of hydrogen-bond acceptors (Lipinski definition) is 10. The van der Waals surface area contributed by atoms with Crippen LogP contribution in [0.5, 0.6) is 11.5 Å². The first-order valence-corrected chi connectivity index (χ1v) is 20.0. The van der Waals surface area contributed by atoms with Gasteiger partial charge >= 0.3 is 11.9 Å². The van der Waals surface area contributed by atoms with E-state index in [0.717, 1.165) is 6.04 Å². The molecular formula is C36H49N3O9Si. The van der Waals surface area contributed by atoms with Crippen molar-refractivity contribution in [1.29, 1.82) is 0 Å². The van der Waals surface area contributed by atoms with Crippen molar-refractivity contribution in [2.24, 2.45) is 11.0 Å². The molecule has 1 heterocycles. The lowest BCUT2D eigenvalue weighted by molar-refractivity contribution is -0.152. The van der Waals surface area contributed by atoms with E-state index >= 15 is 0 Å². The fourth-order valence-electron chi connectivity index (χ4n) is 5.00. The maximum atomic E-state index is 13.5. The van der Waals surface area contributed by atoms with Crippen molar-refractivity contribution in [2.75, 3.05) is 34.2 Å². The van der Waals surface area contributed by atoms with Gasteiger partial charge < -0.3 is 33.2 Å². The van der Waals surface area contributed by atoms with Gasteiger partial charge in [-0.2, -0.15) is 0 Å². The molecular weight excluding hydrogens is 646 g/mol. The predicted molar refractivity (Wildman–Crippen MR) is 189 cm³/mol. The van der Waals surface area contributed by atoms with Crippen LogP contribution in [-0.2, 0) is 23.7 Å². The van der Waals surface area contributed by atoms with Crippen LogP contribution in [0.2, 0.25) is 25.7 Å². The fourth-order valence-corrected chi connectivity index (χ4v) is 5.71. The molecule has 1 aliphatic heterocycles. The number of ether oxygens (including phenoxy) is 7. The third kappa shape index (κ3) is 12.7. The van der Waals surface area contributed by atoms with Crippen LogP contribution in [0.3, 0.4) is 0 Å². The summed E-state index contributed by atoms with van der Waals surface area (Å²) in [4.78, 5) is 29.5. The van der Waals surface area contributed by atoms with Crippen molar-refractivity contribution in [3.8, 4) is 11.5 Å². The van der Waals surface area contributed by atoms with Gasteiger partial charge in [0.25, 0.3) is 0 Å². The fraction of sp³-hybridized carbons (Fsp3) is 0.500. The minimum atomic E-state index is -1.44. The maximum Gasteiger partial charge on any atom is 0.342 e. The van der Waals surface area contributed by atoms with Gasteiger partial charge in [-0.1, -0.05) is 68.1 Å². The molecule has 1 saturated heterocycles. The molecule has 1 fully saturated rings. The Morgan fingerprint density at radius 2 is 1.82 bits per heavy atom. The Labute approximate surface area is 289 Å². The first-order valence-electron chi connectivity index (χ1n) is 16.2. The Bertz CT molecular complexity index is 1500. The minimum Gasteiger partial charge on any atom is -0.497 e. The predicted octanol–water partition coefficient (Wildman–Crippen LogP) is 7.82. The number of carbonyl (C=O) groups is 2. The summed E-state index contributed by atoms with van der Waals surface area (Å²) >= 11 is 0. The van der Waals surface area contributed by atoms with Crippen molar-refractivity contribution >= 4 is 26.1 Å². The number of methoxy groups -OCH3 is 2. The molecule has 0 amide bonds. The largest absolute Gasteiger partial charge is 0.497 e. The molecule has 3 rings (SSSR count). The minimum absolute atomic E-state index is 0.0758. The molecule has 0 bridgehead atoms. The number of azide groups is 1. The second-order valence-corrected chi connectivity index (χ2v) is 19.0. The van der Waals surface area contributed by atoms with Gasteiger partial charge in [0.2, 0.25) is 0 Å². The van der Waals surface area contributed by atoms with Gasteiger partial charge in [0.1, 0.15) is 29.3 Å². The van der Waals surface area contributed by atoms with Gasteiger partial charge in [-0.15, -0.1) is 0 Å². The summed E-state index contributed by atoms with van der Waals surface area (Å²) in [5.74, 6) is -1.37. The monoisotopic (exact) mass is 695 g/mol. The van der Waals surface area contributed by atoms with Crippen LogP contribution in [0.15, 0.2) is 65.8 Å². The molecule has 0 aromatic heterocycles. The molecule has 1 unspecified atom stereocenters. The molecule has 0 N–H and O–H groups in total. The molecule has 4 atom stereocenters. The van der Waals surface area contributed by atoms with Gasteiger partial charge in [-0.25, -0.2) is 9.59 Å². The van der Waals surface area contributed by atoms with Crippen molar-refractivity contribution in [2.45, 2.75) is 77.0 Å². The van der Waals surface area contributed by atoms with Crippen LogP contribution in [-0.4, -0.2) is 78.3 Å². The summed E-state index contributed by atoms with van der Waals surface area (Å²) in [6, 6.07) is 12.9. The van der Waals surface area contributed by atoms with Gasteiger partial charge in [0.05, 0.1) is 25.4 Å². The Morgan fingerprint density at radius 1 is 1.08 bits per heavy atom. The standard InChI is InChI=1S/C36H49N3O9Si/c1-25(23-38-39-37)17-18-29(46-34(40)26-13-10-9-11-14-26)33-30(47-36(2,3)48-33)16-12-15-27-21-28(43-5)22-31(45-24-42-4)32(27)35(41)44-19-20-49(6,7)8/h9-15,17-18,21-22,25,29-30,33H,16,19-20,23-24H2,1-8H3/b15-12+,18-17-/t25-,29?,30-,33+/m0/s1. The van der Waals surface area contributed by atoms with Gasteiger partial charge in [0.15, 0.2) is 12.6 Å². The lowest BCUT2D eigenvalue weighted by Crippen LogP contribution is -2.37. The van der Waals surface area contributed by atoms with Gasteiger partial charge in [-0.05, 0) is 67.6 Å². The van der Waals surface area contributed by atoms with Crippen LogP contribution in [0.1, 0.15) is 53.5 Å². The number of rotatable bonds is 18. The smallest absolute Gasteiger partial charge is 0.342 e. The molecule has 0 spiro atoms. The van der Waals surface area contributed by atoms with Crippen LogP contribution in [0.25, 0.3) is 16.5 Å². The molecule has 2 aromatic carbocycles. The molecule has 0 aliphatic carbocycles. The van der Waals surface area contributed by atoms with Gasteiger partial charge in [0, 0.05) is 32.7 Å². The van der Waals surface area contributed by atoms with E-state index < -0.39 is 44.1 Å². The van der Waals surface area contributed by atoms with E-state index in [2.05, 4.69) is 29.7 Å². The first-order chi connectivity index (χ1) is 23.3. The van der Waals surface area contributed by atoms with E-state index in [1.54, 1.807) is 62.4 Å². The number of hydrogen-bond donors (Lipinski definition) is 0. The van der Waals surface area contributed by atoms with Crippen LogP contribution in [0, 0.1) is 5.92 Å². The second-order valence-electron chi connectivity index (χ2n) is 13.4. The molecule has 0 saturated carbocycles. The van der Waals surface area contributed by atoms with Crippen molar-refractivity contribution in [1.82, 2.24) is 0 Å². The van der Waals surface area contributed by atoms with Crippen LogP contribution in [0.4, 0.5) is 0 Å². The number of nitrogens with zero attached hydrogens (tertiary/aromatic N) is 3. The summed E-state index contributed by atoms with van der Waals surface area (Å²) in [5, 5.41) is 3.64. The zero-order valence-corrected chi connectivity index (χ0v) is 30.7. The number of benzene rings is 2. The Hall–Kier alpha value is -4.13. The van der Waals surface area contributed by atoms with E-state index in [1.807, 2.05) is 25.1 Å². The Balaban J connectivity index is 1.94. The second kappa shape index (κ2) is 18.6. The van der Waals surface area contributed by atoms with Gasteiger partial charge in [-0.3, -0.25) is 0 Å². The molecule has 2 aromatic rings. The average molecular weight is 696 g/mol. The van der Waals surface area contributed by atoms with Crippen molar-refractivity contribution in [3.05, 3.63) is 87.8 Å². The Kier molecular flexibility index (Phi) is 14.9. The lowest BCUT2D eigenvalue weighted by atomic mass is 10.0. The molecule has 13 heteroatoms. The molecule has 49 heavy (non-hydrogen) atoms. The summed E-state index contributed by atoms with van der Waals surface area (Å²) in [6.07, 6.45) is 5.50. The summed E-state index contributed by atoms with van der Waals surface area (Å²) in [5.41, 5.74) is 9.91. The van der Waals surface area contributed by atoms with E-state index in [-0.39, 0.29) is 30.6 Å². The lowest BCUT2D eigenvalue weighted by Gasteiger charge is -2.24. The quantitative estimate of drug-likeness (QED) is 0.0289. The highest BCUT2D eigenvalue weighted by molar-refractivity contribution is 6.76. The van der Waals surface area contributed by atoms with E-state index in [4.69, 9.17) is 38.7 Å². The maximum absolute atomic E-state index is 13.5. The molecule has 266 valence electrons. The van der Waals surface area contributed by atoms with E-state index in [9.17, 15) is 9.59 Å². The van der Waals surface area contributed by atoms with Crippen LogP contribution < -0.4 is 9.47 Å². The normalized spacial score (nSPS) is 18.5. The van der Waals surface area contributed by atoms with E-state index in [0.29, 0.717) is 29.9 Å². The topological polar surface area (TPSA) is 148 Å². The molecule has 1 aliphatic rings.